The number of hydrogen-bond acceptors (Lipinski definition) is 0. The normalized spacial score (nSPS) is 51.8. The number of allylic oxidation sites excluding steroid dienone is 2. The fourth-order valence-electron chi connectivity index (χ4n) is 2.36. The molecule has 2 rings (SSSR count). The molecule has 2 aliphatic carbocycles. The summed E-state index contributed by atoms with van der Waals surface area (Å²) in [4.78, 5) is 0. The molecule has 0 aromatic heterocycles. The van der Waals surface area contributed by atoms with E-state index in [0.717, 1.165) is 0 Å². The standard InChI is InChI=1S/C10H16/c1-9-5-3-4-6-10(9,2)8-7-9/h3-4H,5-8H2,1-2H3/t9-,10+. The summed E-state index contributed by atoms with van der Waals surface area (Å²) in [5.74, 6) is 0. The van der Waals surface area contributed by atoms with E-state index in [-0.39, 0.29) is 0 Å². The van der Waals surface area contributed by atoms with Gasteiger partial charge in [0.2, 0.25) is 0 Å². The van der Waals surface area contributed by atoms with E-state index in [0.29, 0.717) is 10.8 Å². The SMILES string of the molecule is C[C@@]12CC=CC[C@]1(C)CC2. The van der Waals surface area contributed by atoms with Crippen LogP contribution in [-0.4, -0.2) is 0 Å². The number of fused-ring (bicyclic) bond motifs is 1. The van der Waals surface area contributed by atoms with E-state index in [9.17, 15) is 0 Å². The third kappa shape index (κ3) is 0.574. The van der Waals surface area contributed by atoms with Gasteiger partial charge in [-0.1, -0.05) is 26.0 Å². The van der Waals surface area contributed by atoms with E-state index in [2.05, 4.69) is 26.0 Å². The maximum atomic E-state index is 2.44. The molecule has 2 aliphatic rings. The minimum Gasteiger partial charge on any atom is -0.0880 e. The average Bonchev–Trinajstić information content (AvgIpc) is 1.92. The fourth-order valence-corrected chi connectivity index (χ4v) is 2.36. The zero-order valence-corrected chi connectivity index (χ0v) is 6.98. The van der Waals surface area contributed by atoms with Crippen LogP contribution in [0, 0.1) is 10.8 Å². The predicted octanol–water partition coefficient (Wildman–Crippen LogP) is 3.14. The number of hydrogen-bond donors (Lipinski definition) is 0. The van der Waals surface area contributed by atoms with Crippen molar-refractivity contribution >= 4 is 0 Å². The molecule has 56 valence electrons. The lowest BCUT2D eigenvalue weighted by Gasteiger charge is -2.58. The molecule has 10 heavy (non-hydrogen) atoms. The number of rotatable bonds is 0. The smallest absolute Gasteiger partial charge is 0.0234 e. The van der Waals surface area contributed by atoms with Gasteiger partial charge in [-0.15, -0.1) is 0 Å². The second kappa shape index (κ2) is 1.66. The molecule has 0 bridgehead atoms. The summed E-state index contributed by atoms with van der Waals surface area (Å²) in [5.41, 5.74) is 1.34. The van der Waals surface area contributed by atoms with Crippen LogP contribution < -0.4 is 0 Å². The van der Waals surface area contributed by atoms with Crippen molar-refractivity contribution in [1.29, 1.82) is 0 Å². The Labute approximate surface area is 63.3 Å². The van der Waals surface area contributed by atoms with Crippen LogP contribution in [0.25, 0.3) is 0 Å². The van der Waals surface area contributed by atoms with Crippen molar-refractivity contribution in [1.82, 2.24) is 0 Å². The van der Waals surface area contributed by atoms with Gasteiger partial charge in [-0.05, 0) is 36.5 Å². The van der Waals surface area contributed by atoms with Crippen molar-refractivity contribution in [3.8, 4) is 0 Å². The van der Waals surface area contributed by atoms with E-state index >= 15 is 0 Å². The molecule has 0 aliphatic heterocycles. The molecule has 0 saturated heterocycles. The molecule has 0 heterocycles. The van der Waals surface area contributed by atoms with Gasteiger partial charge in [-0.3, -0.25) is 0 Å². The molecule has 0 nitrogen and oxygen atoms in total. The minimum absolute atomic E-state index is 0.668. The lowest BCUT2D eigenvalue weighted by molar-refractivity contribution is -0.0521. The molecule has 0 aromatic carbocycles. The fraction of sp³-hybridized carbons (Fsp3) is 0.800. The van der Waals surface area contributed by atoms with Crippen LogP contribution in [0.4, 0.5) is 0 Å². The lowest BCUT2D eigenvalue weighted by atomic mass is 9.47. The summed E-state index contributed by atoms with van der Waals surface area (Å²) in [7, 11) is 0. The van der Waals surface area contributed by atoms with Crippen molar-refractivity contribution in [3.63, 3.8) is 0 Å². The third-order valence-electron chi connectivity index (χ3n) is 3.99. The van der Waals surface area contributed by atoms with E-state index in [4.69, 9.17) is 0 Å². The largest absolute Gasteiger partial charge is 0.0880 e. The maximum Gasteiger partial charge on any atom is -0.0234 e. The summed E-state index contributed by atoms with van der Waals surface area (Å²) in [6, 6.07) is 0. The monoisotopic (exact) mass is 136 g/mol. The first-order valence-electron chi connectivity index (χ1n) is 4.31. The Bertz CT molecular complexity index is 160. The van der Waals surface area contributed by atoms with Crippen LogP contribution in [0.1, 0.15) is 39.5 Å². The van der Waals surface area contributed by atoms with Gasteiger partial charge < -0.3 is 0 Å². The molecule has 0 aromatic rings. The summed E-state index contributed by atoms with van der Waals surface area (Å²) in [5, 5.41) is 0. The highest BCUT2D eigenvalue weighted by atomic mass is 14.6. The highest BCUT2D eigenvalue weighted by Gasteiger charge is 2.51. The highest BCUT2D eigenvalue weighted by Crippen LogP contribution is 2.62. The van der Waals surface area contributed by atoms with Gasteiger partial charge in [0.1, 0.15) is 0 Å². The van der Waals surface area contributed by atoms with Crippen LogP contribution in [0.15, 0.2) is 12.2 Å². The molecule has 0 heteroatoms. The van der Waals surface area contributed by atoms with Crippen molar-refractivity contribution in [3.05, 3.63) is 12.2 Å². The van der Waals surface area contributed by atoms with Crippen molar-refractivity contribution in [2.24, 2.45) is 10.8 Å². The van der Waals surface area contributed by atoms with Crippen molar-refractivity contribution in [2.45, 2.75) is 39.5 Å². The Hall–Kier alpha value is -0.260. The van der Waals surface area contributed by atoms with Crippen LogP contribution in [0.5, 0.6) is 0 Å². The second-order valence-electron chi connectivity index (χ2n) is 4.50. The quantitative estimate of drug-likeness (QED) is 0.449. The summed E-state index contributed by atoms with van der Waals surface area (Å²) in [6.45, 7) is 4.89. The first-order valence-corrected chi connectivity index (χ1v) is 4.31. The molecule has 1 saturated carbocycles. The first kappa shape index (κ1) is 6.45. The molecule has 1 fully saturated rings. The van der Waals surface area contributed by atoms with Crippen LogP contribution in [-0.2, 0) is 0 Å². The van der Waals surface area contributed by atoms with Crippen LogP contribution in [0.2, 0.25) is 0 Å². The second-order valence-corrected chi connectivity index (χ2v) is 4.50. The van der Waals surface area contributed by atoms with Gasteiger partial charge in [0.05, 0.1) is 0 Å². The van der Waals surface area contributed by atoms with Gasteiger partial charge >= 0.3 is 0 Å². The summed E-state index contributed by atoms with van der Waals surface area (Å²) in [6.07, 6.45) is 10.3. The van der Waals surface area contributed by atoms with E-state index in [1.807, 2.05) is 0 Å². The van der Waals surface area contributed by atoms with Crippen molar-refractivity contribution in [2.75, 3.05) is 0 Å². The van der Waals surface area contributed by atoms with E-state index in [1.165, 1.54) is 25.7 Å². The molecule has 0 unspecified atom stereocenters. The van der Waals surface area contributed by atoms with Gasteiger partial charge in [0.15, 0.2) is 0 Å². The van der Waals surface area contributed by atoms with Crippen LogP contribution in [0.3, 0.4) is 0 Å². The van der Waals surface area contributed by atoms with E-state index in [1.54, 1.807) is 0 Å². The third-order valence-corrected chi connectivity index (χ3v) is 3.99. The summed E-state index contributed by atoms with van der Waals surface area (Å²) >= 11 is 0. The molecular formula is C10H16. The Morgan fingerprint density at radius 1 is 0.900 bits per heavy atom. The molecular weight excluding hydrogens is 120 g/mol. The molecule has 0 N–H and O–H groups in total. The Morgan fingerprint density at radius 2 is 1.30 bits per heavy atom. The average molecular weight is 136 g/mol. The van der Waals surface area contributed by atoms with Gasteiger partial charge in [0.25, 0.3) is 0 Å². The highest BCUT2D eigenvalue weighted by molar-refractivity contribution is 5.12. The topological polar surface area (TPSA) is 0 Å². The van der Waals surface area contributed by atoms with Crippen LogP contribution >= 0.6 is 0 Å². The van der Waals surface area contributed by atoms with Gasteiger partial charge in [0, 0.05) is 0 Å². The van der Waals surface area contributed by atoms with Gasteiger partial charge in [-0.2, -0.15) is 0 Å². The zero-order valence-electron chi connectivity index (χ0n) is 6.98. The Balaban J connectivity index is 2.28. The summed E-state index contributed by atoms with van der Waals surface area (Å²) < 4.78 is 0. The van der Waals surface area contributed by atoms with Crippen molar-refractivity contribution < 1.29 is 0 Å². The minimum atomic E-state index is 0.668. The molecule has 2 atom stereocenters. The molecule has 0 radical (unpaired) electrons. The Kier molecular flexibility index (Phi) is 1.07. The first-order chi connectivity index (χ1) is 4.66. The zero-order chi connectivity index (χ0) is 7.24. The molecule has 0 spiro atoms. The predicted molar refractivity (Wildman–Crippen MR) is 43.8 cm³/mol. The molecule has 0 amide bonds. The maximum absolute atomic E-state index is 2.44. The van der Waals surface area contributed by atoms with E-state index < -0.39 is 0 Å². The Morgan fingerprint density at radius 3 is 1.50 bits per heavy atom. The lowest BCUT2D eigenvalue weighted by Crippen LogP contribution is -2.47. The van der Waals surface area contributed by atoms with Gasteiger partial charge in [-0.25, -0.2) is 0 Å².